The molecule has 0 bridgehead atoms. The molecule has 0 saturated carbocycles. The summed E-state index contributed by atoms with van der Waals surface area (Å²) in [5.41, 5.74) is 6.51. The summed E-state index contributed by atoms with van der Waals surface area (Å²) >= 11 is 0. The fourth-order valence-corrected chi connectivity index (χ4v) is 3.91. The highest BCUT2D eigenvalue weighted by Crippen LogP contribution is 2.41. The number of methoxy groups -OCH3 is 2. The first-order valence-electron chi connectivity index (χ1n) is 9.46. The van der Waals surface area contributed by atoms with Crippen LogP contribution in [-0.2, 0) is 0 Å². The van der Waals surface area contributed by atoms with Crippen LogP contribution < -0.4 is 9.47 Å². The zero-order valence-electron chi connectivity index (χ0n) is 16.3. The highest BCUT2D eigenvalue weighted by Gasteiger charge is 2.15. The number of aromatic nitrogens is 2. The van der Waals surface area contributed by atoms with Crippen LogP contribution in [0.15, 0.2) is 79.1 Å². The summed E-state index contributed by atoms with van der Waals surface area (Å²) in [6.45, 7) is 0. The molecule has 0 aliphatic rings. The van der Waals surface area contributed by atoms with Crippen molar-refractivity contribution >= 4 is 21.8 Å². The third kappa shape index (κ3) is 2.90. The Morgan fingerprint density at radius 3 is 2.45 bits per heavy atom. The number of hydrogen-bond donors (Lipinski definition) is 1. The molecular formula is C25H20N2O2. The van der Waals surface area contributed by atoms with E-state index in [0.717, 1.165) is 33.5 Å². The standard InChI is InChI=1S/C25H20N2O2/c1-28-23-12-9-17(14-24(23)29-2)20-10-7-16-5-3-4-6-19(16)25(20)18-8-11-21-22(13-18)27-15-26-21/h3-15H,1-2H3,(H,26,27). The van der Waals surface area contributed by atoms with Gasteiger partial charge in [-0.05, 0) is 57.3 Å². The minimum Gasteiger partial charge on any atom is -0.493 e. The number of rotatable bonds is 4. The molecule has 0 fully saturated rings. The average molecular weight is 380 g/mol. The van der Waals surface area contributed by atoms with E-state index < -0.39 is 0 Å². The van der Waals surface area contributed by atoms with Crippen molar-refractivity contribution in [1.82, 2.24) is 9.97 Å². The Morgan fingerprint density at radius 1 is 0.759 bits per heavy atom. The molecule has 1 N–H and O–H groups in total. The summed E-state index contributed by atoms with van der Waals surface area (Å²) in [6, 6.07) is 25.2. The second kappa shape index (κ2) is 6.99. The fraction of sp³-hybridized carbons (Fsp3) is 0.0800. The number of H-pyrrole nitrogens is 1. The molecule has 0 atom stereocenters. The molecule has 1 heterocycles. The smallest absolute Gasteiger partial charge is 0.161 e. The molecule has 1 aromatic heterocycles. The maximum atomic E-state index is 5.54. The predicted octanol–water partition coefficient (Wildman–Crippen LogP) is 6.07. The van der Waals surface area contributed by atoms with Gasteiger partial charge in [0.2, 0.25) is 0 Å². The van der Waals surface area contributed by atoms with E-state index in [4.69, 9.17) is 9.47 Å². The Bertz CT molecular complexity index is 1340. The van der Waals surface area contributed by atoms with Crippen molar-refractivity contribution < 1.29 is 9.47 Å². The quantitative estimate of drug-likeness (QED) is 0.412. The summed E-state index contributed by atoms with van der Waals surface area (Å²) in [5.74, 6) is 1.43. The Labute approximate surface area is 168 Å². The van der Waals surface area contributed by atoms with E-state index in [1.807, 2.05) is 12.1 Å². The molecule has 4 aromatic carbocycles. The van der Waals surface area contributed by atoms with Crippen LogP contribution in [0.2, 0.25) is 0 Å². The van der Waals surface area contributed by atoms with Crippen LogP contribution in [0, 0.1) is 0 Å². The first-order valence-corrected chi connectivity index (χ1v) is 9.46. The van der Waals surface area contributed by atoms with Gasteiger partial charge in [0, 0.05) is 0 Å². The lowest BCUT2D eigenvalue weighted by atomic mass is 9.89. The lowest BCUT2D eigenvalue weighted by Gasteiger charge is -2.16. The summed E-state index contributed by atoms with van der Waals surface area (Å²) in [6.07, 6.45) is 1.73. The lowest BCUT2D eigenvalue weighted by Crippen LogP contribution is -1.92. The van der Waals surface area contributed by atoms with Gasteiger partial charge >= 0.3 is 0 Å². The predicted molar refractivity (Wildman–Crippen MR) is 118 cm³/mol. The van der Waals surface area contributed by atoms with E-state index in [1.165, 1.54) is 16.3 Å². The SMILES string of the molecule is COc1ccc(-c2ccc3ccccc3c2-c2ccc3[nH]cnc3c2)cc1OC. The highest BCUT2D eigenvalue weighted by atomic mass is 16.5. The minimum absolute atomic E-state index is 0.715. The second-order valence-electron chi connectivity index (χ2n) is 6.91. The van der Waals surface area contributed by atoms with Gasteiger partial charge in [0.1, 0.15) is 0 Å². The normalized spacial score (nSPS) is 11.1. The topological polar surface area (TPSA) is 47.1 Å². The van der Waals surface area contributed by atoms with Gasteiger partial charge in [0.15, 0.2) is 11.5 Å². The monoisotopic (exact) mass is 380 g/mol. The largest absolute Gasteiger partial charge is 0.493 e. The maximum absolute atomic E-state index is 5.54. The summed E-state index contributed by atoms with van der Waals surface area (Å²) in [5, 5.41) is 2.41. The molecular weight excluding hydrogens is 360 g/mol. The Morgan fingerprint density at radius 2 is 1.59 bits per heavy atom. The molecule has 142 valence electrons. The number of nitrogens with one attached hydrogen (secondary N) is 1. The van der Waals surface area contributed by atoms with Crippen molar-refractivity contribution in [2.75, 3.05) is 14.2 Å². The van der Waals surface area contributed by atoms with Gasteiger partial charge < -0.3 is 14.5 Å². The molecule has 0 aliphatic carbocycles. The molecule has 4 heteroatoms. The number of benzene rings is 4. The number of ether oxygens (including phenoxy) is 2. The van der Waals surface area contributed by atoms with E-state index in [9.17, 15) is 0 Å². The van der Waals surface area contributed by atoms with E-state index in [2.05, 4.69) is 70.6 Å². The van der Waals surface area contributed by atoms with Crippen LogP contribution in [0.4, 0.5) is 0 Å². The molecule has 0 radical (unpaired) electrons. The van der Waals surface area contributed by atoms with Gasteiger partial charge in [-0.15, -0.1) is 0 Å². The first kappa shape index (κ1) is 17.3. The van der Waals surface area contributed by atoms with Crippen molar-refractivity contribution in [3.8, 4) is 33.8 Å². The van der Waals surface area contributed by atoms with Crippen LogP contribution >= 0.6 is 0 Å². The van der Waals surface area contributed by atoms with Gasteiger partial charge in [0.05, 0.1) is 31.6 Å². The Hall–Kier alpha value is -3.79. The third-order valence-electron chi connectivity index (χ3n) is 5.33. The van der Waals surface area contributed by atoms with Gasteiger partial charge in [-0.1, -0.05) is 48.5 Å². The van der Waals surface area contributed by atoms with Gasteiger partial charge in [0.25, 0.3) is 0 Å². The minimum atomic E-state index is 0.715. The fourth-order valence-electron chi connectivity index (χ4n) is 3.91. The molecule has 0 aliphatic heterocycles. The molecule has 5 aromatic rings. The van der Waals surface area contributed by atoms with Crippen LogP contribution in [0.3, 0.4) is 0 Å². The van der Waals surface area contributed by atoms with Crippen molar-refractivity contribution in [3.63, 3.8) is 0 Å². The summed E-state index contributed by atoms with van der Waals surface area (Å²) in [7, 11) is 3.31. The molecule has 0 saturated heterocycles. The number of imidazole rings is 1. The molecule has 0 spiro atoms. The molecule has 4 nitrogen and oxygen atoms in total. The van der Waals surface area contributed by atoms with E-state index >= 15 is 0 Å². The number of fused-ring (bicyclic) bond motifs is 2. The summed E-state index contributed by atoms with van der Waals surface area (Å²) in [4.78, 5) is 7.61. The van der Waals surface area contributed by atoms with Crippen molar-refractivity contribution in [3.05, 3.63) is 79.1 Å². The number of aromatic amines is 1. The lowest BCUT2D eigenvalue weighted by molar-refractivity contribution is 0.355. The Kier molecular flexibility index (Phi) is 4.17. The second-order valence-corrected chi connectivity index (χ2v) is 6.91. The third-order valence-corrected chi connectivity index (χ3v) is 5.33. The van der Waals surface area contributed by atoms with Gasteiger partial charge in [-0.3, -0.25) is 0 Å². The van der Waals surface area contributed by atoms with E-state index in [0.29, 0.717) is 5.75 Å². The Balaban J connectivity index is 1.81. The number of hydrogen-bond acceptors (Lipinski definition) is 3. The average Bonchev–Trinajstić information content (AvgIpc) is 3.25. The molecule has 5 rings (SSSR count). The van der Waals surface area contributed by atoms with Gasteiger partial charge in [-0.2, -0.15) is 0 Å². The van der Waals surface area contributed by atoms with Crippen molar-refractivity contribution in [1.29, 1.82) is 0 Å². The van der Waals surface area contributed by atoms with E-state index in [1.54, 1.807) is 20.5 Å². The first-order chi connectivity index (χ1) is 14.3. The van der Waals surface area contributed by atoms with Crippen molar-refractivity contribution in [2.24, 2.45) is 0 Å². The van der Waals surface area contributed by atoms with Crippen LogP contribution in [-0.4, -0.2) is 24.2 Å². The summed E-state index contributed by atoms with van der Waals surface area (Å²) < 4.78 is 11.0. The number of nitrogens with zero attached hydrogens (tertiary/aromatic N) is 1. The van der Waals surface area contributed by atoms with Crippen LogP contribution in [0.5, 0.6) is 11.5 Å². The van der Waals surface area contributed by atoms with Gasteiger partial charge in [-0.25, -0.2) is 4.98 Å². The van der Waals surface area contributed by atoms with Crippen molar-refractivity contribution in [2.45, 2.75) is 0 Å². The highest BCUT2D eigenvalue weighted by molar-refractivity contribution is 6.05. The van der Waals surface area contributed by atoms with Crippen LogP contribution in [0.25, 0.3) is 44.1 Å². The molecule has 0 amide bonds. The zero-order chi connectivity index (χ0) is 19.8. The molecule has 0 unspecified atom stereocenters. The maximum Gasteiger partial charge on any atom is 0.161 e. The zero-order valence-corrected chi connectivity index (χ0v) is 16.3. The van der Waals surface area contributed by atoms with E-state index in [-0.39, 0.29) is 0 Å². The van der Waals surface area contributed by atoms with Crippen LogP contribution in [0.1, 0.15) is 0 Å². The molecule has 29 heavy (non-hydrogen) atoms.